The summed E-state index contributed by atoms with van der Waals surface area (Å²) >= 11 is 0. The van der Waals surface area contributed by atoms with E-state index in [-0.39, 0.29) is 24.5 Å². The van der Waals surface area contributed by atoms with Crippen LogP contribution >= 0.6 is 0 Å². The van der Waals surface area contributed by atoms with Crippen LogP contribution in [0.25, 0.3) is 0 Å². The smallest absolute Gasteiger partial charge is 0.296 e. The van der Waals surface area contributed by atoms with E-state index < -0.39 is 4.92 Å². The Morgan fingerprint density at radius 2 is 2.30 bits per heavy atom. The van der Waals surface area contributed by atoms with Crippen molar-refractivity contribution in [1.82, 2.24) is 0 Å². The van der Waals surface area contributed by atoms with Gasteiger partial charge in [0.05, 0.1) is 36.9 Å². The van der Waals surface area contributed by atoms with Crippen molar-refractivity contribution in [3.8, 4) is 5.75 Å². The van der Waals surface area contributed by atoms with Crippen molar-refractivity contribution in [3.63, 3.8) is 0 Å². The zero-order valence-electron chi connectivity index (χ0n) is 11.5. The van der Waals surface area contributed by atoms with Gasteiger partial charge in [-0.15, -0.1) is 0 Å². The Labute approximate surface area is 116 Å². The highest BCUT2D eigenvalue weighted by atomic mass is 16.6. The number of morpholine rings is 1. The summed E-state index contributed by atoms with van der Waals surface area (Å²) < 4.78 is 10.6. The van der Waals surface area contributed by atoms with Gasteiger partial charge in [0.25, 0.3) is 5.69 Å². The van der Waals surface area contributed by atoms with Crippen molar-refractivity contribution in [2.24, 2.45) is 0 Å². The molecule has 0 aliphatic carbocycles. The zero-order chi connectivity index (χ0) is 14.7. The Bertz CT molecular complexity index is 494. The number of benzene rings is 1. The maximum absolute atomic E-state index is 11.2. The molecule has 1 N–H and O–H groups in total. The molecule has 2 rings (SSSR count). The van der Waals surface area contributed by atoms with Gasteiger partial charge in [0, 0.05) is 13.1 Å². The summed E-state index contributed by atoms with van der Waals surface area (Å²) in [5.74, 6) is 0.445. The number of aliphatic hydroxyl groups excluding tert-OH is 1. The lowest BCUT2D eigenvalue weighted by atomic mass is 10.1. The third-order valence-electron chi connectivity index (χ3n) is 3.25. The number of nitro benzene ring substituents is 1. The first kappa shape index (κ1) is 14.5. The van der Waals surface area contributed by atoms with Gasteiger partial charge in [0.1, 0.15) is 11.4 Å². The second-order valence-electron chi connectivity index (χ2n) is 4.77. The fraction of sp³-hybridized carbons (Fsp3) is 0.538. The van der Waals surface area contributed by atoms with E-state index in [2.05, 4.69) is 0 Å². The van der Waals surface area contributed by atoms with Crippen LogP contribution < -0.4 is 9.64 Å². The minimum Gasteiger partial charge on any atom is -0.496 e. The van der Waals surface area contributed by atoms with E-state index in [0.29, 0.717) is 24.5 Å². The van der Waals surface area contributed by atoms with Gasteiger partial charge in [0.2, 0.25) is 0 Å². The summed E-state index contributed by atoms with van der Waals surface area (Å²) in [7, 11) is 1.47. The maximum Gasteiger partial charge on any atom is 0.296 e. The van der Waals surface area contributed by atoms with Gasteiger partial charge < -0.3 is 19.5 Å². The fourth-order valence-electron chi connectivity index (χ4n) is 2.39. The quantitative estimate of drug-likeness (QED) is 0.659. The number of nitro groups is 1. The summed E-state index contributed by atoms with van der Waals surface area (Å²) in [4.78, 5) is 12.7. The molecule has 2 unspecified atom stereocenters. The Balaban J connectivity index is 2.33. The number of aliphatic hydroxyl groups is 1. The Kier molecular flexibility index (Phi) is 4.41. The maximum atomic E-state index is 11.2. The molecule has 0 amide bonds. The molecule has 7 heteroatoms. The lowest BCUT2D eigenvalue weighted by molar-refractivity contribution is -0.384. The summed E-state index contributed by atoms with van der Waals surface area (Å²) in [6, 6.07) is 4.77. The van der Waals surface area contributed by atoms with Crippen LogP contribution in [0.4, 0.5) is 11.4 Å². The van der Waals surface area contributed by atoms with E-state index in [1.165, 1.54) is 13.2 Å². The fourth-order valence-corrected chi connectivity index (χ4v) is 2.39. The standard InChI is InChI=1S/C13H18N2O5/c1-9-6-14(7-11(8-16)20-9)12-4-3-10(19-2)5-13(12)15(17)18/h3-5,9,11,16H,6-8H2,1-2H3. The molecule has 0 saturated carbocycles. The van der Waals surface area contributed by atoms with Gasteiger partial charge >= 0.3 is 0 Å². The van der Waals surface area contributed by atoms with Crippen molar-refractivity contribution < 1.29 is 19.5 Å². The molecule has 1 heterocycles. The van der Waals surface area contributed by atoms with E-state index in [4.69, 9.17) is 9.47 Å². The van der Waals surface area contributed by atoms with Crippen molar-refractivity contribution >= 4 is 11.4 Å². The molecule has 1 saturated heterocycles. The third-order valence-corrected chi connectivity index (χ3v) is 3.25. The molecule has 7 nitrogen and oxygen atoms in total. The molecular formula is C13H18N2O5. The van der Waals surface area contributed by atoms with E-state index in [1.807, 2.05) is 11.8 Å². The second kappa shape index (κ2) is 6.06. The third kappa shape index (κ3) is 3.00. The first-order chi connectivity index (χ1) is 9.55. The molecule has 1 aliphatic heterocycles. The predicted octanol–water partition coefficient (Wildman–Crippen LogP) is 1.19. The van der Waals surface area contributed by atoms with E-state index in [1.54, 1.807) is 12.1 Å². The molecule has 2 atom stereocenters. The van der Waals surface area contributed by atoms with Crippen molar-refractivity contribution in [2.75, 3.05) is 31.7 Å². The molecule has 1 aliphatic rings. The average molecular weight is 282 g/mol. The molecule has 1 fully saturated rings. The number of rotatable bonds is 4. The van der Waals surface area contributed by atoms with Crippen molar-refractivity contribution in [3.05, 3.63) is 28.3 Å². The summed E-state index contributed by atoms with van der Waals surface area (Å²) in [5, 5.41) is 20.4. The molecule has 20 heavy (non-hydrogen) atoms. The number of anilines is 1. The molecule has 0 radical (unpaired) electrons. The Morgan fingerprint density at radius 3 is 2.90 bits per heavy atom. The van der Waals surface area contributed by atoms with Crippen molar-refractivity contribution in [1.29, 1.82) is 0 Å². The van der Waals surface area contributed by atoms with E-state index in [0.717, 1.165) is 0 Å². The molecule has 0 spiro atoms. The van der Waals surface area contributed by atoms with E-state index in [9.17, 15) is 15.2 Å². The second-order valence-corrected chi connectivity index (χ2v) is 4.77. The van der Waals surface area contributed by atoms with Gasteiger partial charge in [0.15, 0.2) is 0 Å². The first-order valence-corrected chi connectivity index (χ1v) is 6.38. The van der Waals surface area contributed by atoms with Crippen LogP contribution in [0.2, 0.25) is 0 Å². The van der Waals surface area contributed by atoms with E-state index >= 15 is 0 Å². The molecular weight excluding hydrogens is 264 g/mol. The van der Waals surface area contributed by atoms with Gasteiger partial charge in [-0.2, -0.15) is 0 Å². The highest BCUT2D eigenvalue weighted by Gasteiger charge is 2.29. The predicted molar refractivity (Wildman–Crippen MR) is 73.3 cm³/mol. The highest BCUT2D eigenvalue weighted by Crippen LogP contribution is 2.33. The highest BCUT2D eigenvalue weighted by molar-refractivity contribution is 5.65. The number of ether oxygens (including phenoxy) is 2. The summed E-state index contributed by atoms with van der Waals surface area (Å²) in [6.07, 6.45) is -0.428. The Morgan fingerprint density at radius 1 is 1.55 bits per heavy atom. The lowest BCUT2D eigenvalue weighted by Crippen LogP contribution is -2.48. The molecule has 1 aromatic carbocycles. The van der Waals surface area contributed by atoms with Crippen LogP contribution in [0.5, 0.6) is 5.75 Å². The van der Waals surface area contributed by atoms with Crippen molar-refractivity contribution in [2.45, 2.75) is 19.1 Å². The molecule has 0 aromatic heterocycles. The Hall–Kier alpha value is -1.86. The average Bonchev–Trinajstić information content (AvgIpc) is 2.45. The molecule has 1 aromatic rings. The lowest BCUT2D eigenvalue weighted by Gasteiger charge is -2.37. The van der Waals surface area contributed by atoms with Crippen LogP contribution in [0.15, 0.2) is 18.2 Å². The SMILES string of the molecule is COc1ccc(N2CC(C)OC(CO)C2)c([N+](=O)[O-])c1. The monoisotopic (exact) mass is 282 g/mol. The number of methoxy groups -OCH3 is 1. The van der Waals surface area contributed by atoms with Crippen LogP contribution in [0.3, 0.4) is 0 Å². The minimum absolute atomic E-state index is 0.00450. The number of hydrogen-bond acceptors (Lipinski definition) is 6. The number of nitrogens with zero attached hydrogens (tertiary/aromatic N) is 2. The van der Waals surface area contributed by atoms with Gasteiger partial charge in [-0.25, -0.2) is 0 Å². The van der Waals surface area contributed by atoms with Crippen LogP contribution in [0.1, 0.15) is 6.92 Å². The van der Waals surface area contributed by atoms with Crippen LogP contribution in [-0.2, 0) is 4.74 Å². The first-order valence-electron chi connectivity index (χ1n) is 6.38. The normalized spacial score (nSPS) is 22.6. The zero-order valence-corrected chi connectivity index (χ0v) is 11.5. The minimum atomic E-state index is -0.425. The van der Waals surface area contributed by atoms with Crippen LogP contribution in [0, 0.1) is 10.1 Å². The van der Waals surface area contributed by atoms with Gasteiger partial charge in [-0.1, -0.05) is 0 Å². The summed E-state index contributed by atoms with van der Waals surface area (Å²) in [6.45, 7) is 2.74. The molecule has 110 valence electrons. The van der Waals surface area contributed by atoms with Gasteiger partial charge in [-0.05, 0) is 19.1 Å². The topological polar surface area (TPSA) is 85.1 Å². The number of hydrogen-bond donors (Lipinski definition) is 1. The van der Waals surface area contributed by atoms with Gasteiger partial charge in [-0.3, -0.25) is 10.1 Å². The largest absolute Gasteiger partial charge is 0.496 e. The molecule has 0 bridgehead atoms. The van der Waals surface area contributed by atoms with Crippen LogP contribution in [-0.4, -0.2) is 49.0 Å². The summed E-state index contributed by atoms with van der Waals surface area (Å²) in [5.41, 5.74) is 0.513.